The van der Waals surface area contributed by atoms with Crippen LogP contribution in [-0.4, -0.2) is 6.69 Å². The van der Waals surface area contributed by atoms with E-state index in [0.29, 0.717) is 0 Å². The van der Waals surface area contributed by atoms with Crippen LogP contribution in [-0.2, 0) is 0 Å². The first-order chi connectivity index (χ1) is 3.93. The van der Waals surface area contributed by atoms with E-state index in [1.54, 1.807) is 6.69 Å². The molecule has 0 bridgehead atoms. The third-order valence-electron chi connectivity index (χ3n) is 0.926. The average Bonchev–Trinajstić information content (AvgIpc) is 1.90. The van der Waals surface area contributed by atoms with E-state index < -0.39 is 0 Å². The lowest BCUT2D eigenvalue weighted by Crippen LogP contribution is -2.05. The van der Waals surface area contributed by atoms with Crippen LogP contribution in [0.2, 0.25) is 0 Å². The van der Waals surface area contributed by atoms with Crippen molar-refractivity contribution in [2.24, 2.45) is 0 Å². The Morgan fingerprint density at radius 2 is 1.75 bits per heavy atom. The highest BCUT2D eigenvalue weighted by atomic mass is 35.5. The predicted molar refractivity (Wildman–Crippen MR) is 37.7 cm³/mol. The third-order valence-corrected chi connectivity index (χ3v) is 1.18. The molecular formula is C6H5BCl. The molecule has 0 nitrogen and oxygen atoms in total. The SMILES string of the molecule is Cl[B]c1ccccc1. The van der Waals surface area contributed by atoms with Crippen molar-refractivity contribution in [1.29, 1.82) is 0 Å². The van der Waals surface area contributed by atoms with Gasteiger partial charge in [0.15, 0.2) is 0 Å². The van der Waals surface area contributed by atoms with E-state index in [1.165, 1.54) is 0 Å². The van der Waals surface area contributed by atoms with E-state index in [0.717, 1.165) is 5.46 Å². The molecule has 0 atom stereocenters. The second-order valence-electron chi connectivity index (χ2n) is 1.52. The molecule has 1 radical (unpaired) electrons. The highest BCUT2D eigenvalue weighted by Gasteiger charge is 1.85. The van der Waals surface area contributed by atoms with Gasteiger partial charge in [0.2, 0.25) is 0 Å². The number of halogens is 1. The number of benzene rings is 1. The summed E-state index contributed by atoms with van der Waals surface area (Å²) in [5.74, 6) is 0. The maximum atomic E-state index is 5.40. The van der Waals surface area contributed by atoms with Crippen LogP contribution < -0.4 is 5.46 Å². The van der Waals surface area contributed by atoms with E-state index in [4.69, 9.17) is 11.5 Å². The number of hydrogen-bond acceptors (Lipinski definition) is 0. The molecule has 0 saturated carbocycles. The fourth-order valence-electron chi connectivity index (χ4n) is 0.526. The highest BCUT2D eigenvalue weighted by Crippen LogP contribution is 1.81. The average molecular weight is 123 g/mol. The zero-order chi connectivity index (χ0) is 5.82. The van der Waals surface area contributed by atoms with Gasteiger partial charge in [-0.05, 0) is 0 Å². The lowest BCUT2D eigenvalue weighted by molar-refractivity contribution is 1.77. The summed E-state index contributed by atoms with van der Waals surface area (Å²) in [4.78, 5) is 0. The van der Waals surface area contributed by atoms with Crippen LogP contribution in [0.3, 0.4) is 0 Å². The number of rotatable bonds is 1. The molecule has 0 saturated heterocycles. The van der Waals surface area contributed by atoms with Crippen molar-refractivity contribution in [3.05, 3.63) is 30.3 Å². The molecule has 1 aromatic carbocycles. The van der Waals surface area contributed by atoms with Gasteiger partial charge in [0.1, 0.15) is 0 Å². The van der Waals surface area contributed by atoms with Gasteiger partial charge in [0.25, 0.3) is 6.69 Å². The van der Waals surface area contributed by atoms with Crippen LogP contribution in [0.5, 0.6) is 0 Å². The molecule has 0 spiro atoms. The first-order valence-corrected chi connectivity index (χ1v) is 2.85. The van der Waals surface area contributed by atoms with Crippen molar-refractivity contribution in [2.45, 2.75) is 0 Å². The van der Waals surface area contributed by atoms with E-state index in [1.807, 2.05) is 30.3 Å². The molecule has 0 N–H and O–H groups in total. The molecule has 0 fully saturated rings. The Hall–Kier alpha value is -0.425. The topological polar surface area (TPSA) is 0 Å². The van der Waals surface area contributed by atoms with Gasteiger partial charge >= 0.3 is 0 Å². The molecule has 0 aliphatic heterocycles. The molecule has 0 unspecified atom stereocenters. The molecule has 2 heteroatoms. The van der Waals surface area contributed by atoms with Gasteiger partial charge in [-0.15, -0.1) is 0 Å². The normalized spacial score (nSPS) is 8.62. The van der Waals surface area contributed by atoms with Crippen molar-refractivity contribution in [3.8, 4) is 0 Å². The Morgan fingerprint density at radius 3 is 2.12 bits per heavy atom. The van der Waals surface area contributed by atoms with Crippen LogP contribution in [0.4, 0.5) is 0 Å². The summed E-state index contributed by atoms with van der Waals surface area (Å²) in [6.45, 7) is 1.56. The molecule has 39 valence electrons. The Kier molecular flexibility index (Phi) is 1.98. The smallest absolute Gasteiger partial charge is 0.197 e. The lowest BCUT2D eigenvalue weighted by Gasteiger charge is -1.86. The highest BCUT2D eigenvalue weighted by molar-refractivity contribution is 7.01. The van der Waals surface area contributed by atoms with Gasteiger partial charge in [0.05, 0.1) is 0 Å². The molecule has 0 aliphatic carbocycles. The molecule has 1 aromatic rings. The second-order valence-corrected chi connectivity index (χ2v) is 1.74. The van der Waals surface area contributed by atoms with Crippen LogP contribution >= 0.6 is 11.5 Å². The second kappa shape index (κ2) is 2.78. The zero-order valence-corrected chi connectivity index (χ0v) is 5.10. The summed E-state index contributed by atoms with van der Waals surface area (Å²) >= 11 is 5.40. The summed E-state index contributed by atoms with van der Waals surface area (Å²) in [7, 11) is 0. The van der Waals surface area contributed by atoms with Gasteiger partial charge in [-0.1, -0.05) is 35.8 Å². The van der Waals surface area contributed by atoms with Crippen molar-refractivity contribution < 1.29 is 0 Å². The van der Waals surface area contributed by atoms with Gasteiger partial charge in [-0.2, -0.15) is 11.5 Å². The first-order valence-electron chi connectivity index (χ1n) is 2.42. The first kappa shape index (κ1) is 5.71. The fourth-order valence-corrected chi connectivity index (χ4v) is 0.671. The molecule has 0 aromatic heterocycles. The standard InChI is InChI=1S/C6H5BCl/c8-7-6-4-2-1-3-5-6/h1-5H. The van der Waals surface area contributed by atoms with Gasteiger partial charge in [-0.25, -0.2) is 0 Å². The molecule has 8 heavy (non-hydrogen) atoms. The van der Waals surface area contributed by atoms with Crippen molar-refractivity contribution in [1.82, 2.24) is 0 Å². The summed E-state index contributed by atoms with van der Waals surface area (Å²) in [5.41, 5.74) is 1.05. The van der Waals surface area contributed by atoms with E-state index in [-0.39, 0.29) is 0 Å². The third kappa shape index (κ3) is 1.27. The van der Waals surface area contributed by atoms with Crippen LogP contribution in [0.15, 0.2) is 30.3 Å². The van der Waals surface area contributed by atoms with E-state index in [2.05, 4.69) is 0 Å². The summed E-state index contributed by atoms with van der Waals surface area (Å²) in [5, 5.41) is 0. The van der Waals surface area contributed by atoms with E-state index >= 15 is 0 Å². The van der Waals surface area contributed by atoms with Crippen LogP contribution in [0, 0.1) is 0 Å². The molecular weight excluding hydrogens is 118 g/mol. The minimum Gasteiger partial charge on any atom is -0.197 e. The maximum Gasteiger partial charge on any atom is 0.275 e. The Balaban J connectivity index is 2.83. The zero-order valence-electron chi connectivity index (χ0n) is 4.34. The van der Waals surface area contributed by atoms with Gasteiger partial charge < -0.3 is 0 Å². The minimum atomic E-state index is 1.05. The van der Waals surface area contributed by atoms with Crippen molar-refractivity contribution in [2.75, 3.05) is 0 Å². The largest absolute Gasteiger partial charge is 0.275 e. The minimum absolute atomic E-state index is 1.05. The van der Waals surface area contributed by atoms with Crippen molar-refractivity contribution in [3.63, 3.8) is 0 Å². The lowest BCUT2D eigenvalue weighted by atomic mass is 9.95. The van der Waals surface area contributed by atoms with Crippen LogP contribution in [0.25, 0.3) is 0 Å². The molecule has 0 aliphatic rings. The van der Waals surface area contributed by atoms with Crippen LogP contribution in [0.1, 0.15) is 0 Å². The summed E-state index contributed by atoms with van der Waals surface area (Å²) < 4.78 is 0. The van der Waals surface area contributed by atoms with Crippen molar-refractivity contribution >= 4 is 23.6 Å². The predicted octanol–water partition coefficient (Wildman–Crippen LogP) is 1.17. The molecule has 0 heterocycles. The molecule has 0 amide bonds. The summed E-state index contributed by atoms with van der Waals surface area (Å²) in [6, 6.07) is 9.77. The Bertz CT molecular complexity index is 150. The van der Waals surface area contributed by atoms with Gasteiger partial charge in [0, 0.05) is 0 Å². The maximum absolute atomic E-state index is 5.40. The Morgan fingerprint density at radius 1 is 1.12 bits per heavy atom. The summed E-state index contributed by atoms with van der Waals surface area (Å²) in [6.07, 6.45) is 0. The Labute approximate surface area is 54.6 Å². The monoisotopic (exact) mass is 123 g/mol. The quantitative estimate of drug-likeness (QED) is 0.492. The number of hydrogen-bond donors (Lipinski definition) is 0. The van der Waals surface area contributed by atoms with Gasteiger partial charge in [-0.3, -0.25) is 0 Å². The molecule has 1 rings (SSSR count). The van der Waals surface area contributed by atoms with E-state index in [9.17, 15) is 0 Å². The fraction of sp³-hybridized carbons (Fsp3) is 0.